The topological polar surface area (TPSA) is 61.6 Å². The van der Waals surface area contributed by atoms with Crippen LogP contribution in [-0.4, -0.2) is 25.5 Å². The van der Waals surface area contributed by atoms with Gasteiger partial charge in [0.25, 0.3) is 0 Å². The number of hydrogen-bond acceptors (Lipinski definition) is 4. The van der Waals surface area contributed by atoms with Crippen LogP contribution in [0.15, 0.2) is 18.2 Å². The van der Waals surface area contributed by atoms with Gasteiger partial charge in [0.2, 0.25) is 0 Å². The van der Waals surface area contributed by atoms with E-state index in [9.17, 15) is 4.79 Å². The number of carbonyl (C=O) groups excluding carboxylic acids is 1. The normalized spacial score (nSPS) is 13.5. The summed E-state index contributed by atoms with van der Waals surface area (Å²) in [4.78, 5) is 11.9. The van der Waals surface area contributed by atoms with E-state index in [0.29, 0.717) is 37.5 Å². The second-order valence-corrected chi connectivity index (χ2v) is 4.03. The lowest BCUT2D eigenvalue weighted by Crippen LogP contribution is -2.15. The smallest absolute Gasteiger partial charge is 0.163 e. The van der Waals surface area contributed by atoms with Gasteiger partial charge in [0, 0.05) is 12.0 Å². The van der Waals surface area contributed by atoms with Gasteiger partial charge in [-0.25, -0.2) is 0 Å². The predicted molar refractivity (Wildman–Crippen MR) is 64.7 cm³/mol. The van der Waals surface area contributed by atoms with Gasteiger partial charge in [-0.2, -0.15) is 0 Å². The van der Waals surface area contributed by atoms with Gasteiger partial charge in [0.15, 0.2) is 17.3 Å². The van der Waals surface area contributed by atoms with Crippen LogP contribution in [0.25, 0.3) is 0 Å². The maximum absolute atomic E-state index is 11.9. The van der Waals surface area contributed by atoms with Crippen molar-refractivity contribution < 1.29 is 14.3 Å². The van der Waals surface area contributed by atoms with E-state index in [1.807, 2.05) is 0 Å². The van der Waals surface area contributed by atoms with E-state index < -0.39 is 0 Å². The van der Waals surface area contributed by atoms with Crippen LogP contribution >= 0.6 is 0 Å². The van der Waals surface area contributed by atoms with Crippen molar-refractivity contribution in [2.45, 2.75) is 19.3 Å². The van der Waals surface area contributed by atoms with Gasteiger partial charge in [-0.3, -0.25) is 4.79 Å². The lowest BCUT2D eigenvalue weighted by Gasteiger charge is -2.18. The van der Waals surface area contributed by atoms with Crippen molar-refractivity contribution in [2.24, 2.45) is 5.73 Å². The largest absolute Gasteiger partial charge is 0.486 e. The number of carbonyl (C=O) groups is 1. The molecule has 4 heteroatoms. The first-order chi connectivity index (χ1) is 8.31. The third-order valence-corrected chi connectivity index (χ3v) is 2.72. The quantitative estimate of drug-likeness (QED) is 0.624. The maximum atomic E-state index is 11.9. The number of nitrogens with two attached hydrogens (primary N) is 1. The van der Waals surface area contributed by atoms with Crippen molar-refractivity contribution in [1.82, 2.24) is 0 Å². The summed E-state index contributed by atoms with van der Waals surface area (Å²) in [5.74, 6) is 1.52. The van der Waals surface area contributed by atoms with E-state index in [4.69, 9.17) is 15.2 Å². The number of hydrogen-bond donors (Lipinski definition) is 1. The molecule has 1 aliphatic rings. The Bertz CT molecular complexity index is 404. The summed E-state index contributed by atoms with van der Waals surface area (Å²) in [5.41, 5.74) is 6.08. The zero-order valence-electron chi connectivity index (χ0n) is 9.78. The molecule has 0 aromatic heterocycles. The Morgan fingerprint density at radius 3 is 2.71 bits per heavy atom. The second kappa shape index (κ2) is 5.68. The molecule has 92 valence electrons. The molecule has 2 rings (SSSR count). The summed E-state index contributed by atoms with van der Waals surface area (Å²) in [6.45, 7) is 1.74. The van der Waals surface area contributed by atoms with Crippen LogP contribution in [0.4, 0.5) is 0 Å². The van der Waals surface area contributed by atoms with E-state index in [0.717, 1.165) is 18.6 Å². The molecule has 0 atom stereocenters. The average Bonchev–Trinajstić information content (AvgIpc) is 2.38. The molecule has 0 fully saturated rings. The van der Waals surface area contributed by atoms with Crippen LogP contribution in [0.3, 0.4) is 0 Å². The molecule has 1 aromatic carbocycles. The molecule has 4 nitrogen and oxygen atoms in total. The first kappa shape index (κ1) is 11.9. The molecule has 0 saturated carbocycles. The maximum Gasteiger partial charge on any atom is 0.163 e. The Balaban J connectivity index is 2.03. The molecule has 1 aliphatic heterocycles. The first-order valence-corrected chi connectivity index (χ1v) is 5.94. The van der Waals surface area contributed by atoms with Gasteiger partial charge in [-0.15, -0.1) is 0 Å². The highest BCUT2D eigenvalue weighted by atomic mass is 16.6. The van der Waals surface area contributed by atoms with Crippen LogP contribution < -0.4 is 15.2 Å². The Morgan fingerprint density at radius 1 is 1.18 bits per heavy atom. The fourth-order valence-electron chi connectivity index (χ4n) is 1.79. The number of ether oxygens (including phenoxy) is 2. The fraction of sp³-hybridized carbons (Fsp3) is 0.462. The highest BCUT2D eigenvalue weighted by Gasteiger charge is 2.14. The van der Waals surface area contributed by atoms with Gasteiger partial charge >= 0.3 is 0 Å². The van der Waals surface area contributed by atoms with Gasteiger partial charge < -0.3 is 15.2 Å². The number of benzene rings is 1. The van der Waals surface area contributed by atoms with Crippen molar-refractivity contribution in [1.29, 1.82) is 0 Å². The monoisotopic (exact) mass is 235 g/mol. The summed E-state index contributed by atoms with van der Waals surface area (Å²) < 4.78 is 10.8. The van der Waals surface area contributed by atoms with Crippen LogP contribution in [0.5, 0.6) is 11.5 Å². The highest BCUT2D eigenvalue weighted by Crippen LogP contribution is 2.31. The third-order valence-electron chi connectivity index (χ3n) is 2.72. The minimum Gasteiger partial charge on any atom is -0.486 e. The Labute approximate surface area is 101 Å². The predicted octanol–water partition coefficient (Wildman–Crippen LogP) is 1.77. The molecule has 1 heterocycles. The van der Waals surface area contributed by atoms with Crippen LogP contribution in [0.2, 0.25) is 0 Å². The van der Waals surface area contributed by atoms with Crippen LogP contribution in [0.1, 0.15) is 29.6 Å². The molecule has 17 heavy (non-hydrogen) atoms. The fourth-order valence-corrected chi connectivity index (χ4v) is 1.79. The van der Waals surface area contributed by atoms with Gasteiger partial charge in [0.05, 0.1) is 0 Å². The summed E-state index contributed by atoms with van der Waals surface area (Å²) in [7, 11) is 0. The van der Waals surface area contributed by atoms with E-state index in [1.165, 1.54) is 0 Å². The van der Waals surface area contributed by atoms with E-state index in [-0.39, 0.29) is 5.78 Å². The Hall–Kier alpha value is -1.55. The molecule has 0 aliphatic carbocycles. The lowest BCUT2D eigenvalue weighted by molar-refractivity contribution is 0.0978. The summed E-state index contributed by atoms with van der Waals surface area (Å²) in [5, 5.41) is 0. The molecule has 0 radical (unpaired) electrons. The minimum atomic E-state index is 0.135. The van der Waals surface area contributed by atoms with Crippen molar-refractivity contribution in [2.75, 3.05) is 19.8 Å². The standard InChI is InChI=1S/C13H17NO3/c14-6-2-1-3-11(15)10-4-5-12-13(9-10)17-8-7-16-12/h4-5,9H,1-3,6-8,14H2. The van der Waals surface area contributed by atoms with Crippen molar-refractivity contribution in [3.05, 3.63) is 23.8 Å². The molecule has 0 unspecified atom stereocenters. The minimum absolute atomic E-state index is 0.135. The summed E-state index contributed by atoms with van der Waals surface area (Å²) in [6, 6.07) is 5.35. The van der Waals surface area contributed by atoms with Crippen LogP contribution in [-0.2, 0) is 0 Å². The summed E-state index contributed by atoms with van der Waals surface area (Å²) in [6.07, 6.45) is 2.26. The Morgan fingerprint density at radius 2 is 1.94 bits per heavy atom. The average molecular weight is 235 g/mol. The molecule has 1 aromatic rings. The molecular weight excluding hydrogens is 218 g/mol. The zero-order chi connectivity index (χ0) is 12.1. The van der Waals surface area contributed by atoms with Gasteiger partial charge in [-0.1, -0.05) is 0 Å². The third kappa shape index (κ3) is 2.97. The molecule has 0 amide bonds. The lowest BCUT2D eigenvalue weighted by atomic mass is 10.0. The number of rotatable bonds is 5. The first-order valence-electron chi connectivity index (χ1n) is 5.94. The molecule has 0 bridgehead atoms. The SMILES string of the molecule is NCCCCC(=O)c1ccc2c(c1)OCCO2. The molecule has 0 saturated heterocycles. The van der Waals surface area contributed by atoms with Crippen LogP contribution in [0, 0.1) is 0 Å². The zero-order valence-corrected chi connectivity index (χ0v) is 9.78. The Kier molecular flexibility index (Phi) is 3.98. The number of fused-ring (bicyclic) bond motifs is 1. The number of ketones is 1. The molecule has 2 N–H and O–H groups in total. The van der Waals surface area contributed by atoms with E-state index in [1.54, 1.807) is 18.2 Å². The van der Waals surface area contributed by atoms with Crippen molar-refractivity contribution in [3.63, 3.8) is 0 Å². The van der Waals surface area contributed by atoms with Gasteiger partial charge in [0.1, 0.15) is 13.2 Å². The summed E-state index contributed by atoms with van der Waals surface area (Å²) >= 11 is 0. The van der Waals surface area contributed by atoms with Crippen molar-refractivity contribution in [3.8, 4) is 11.5 Å². The molecule has 0 spiro atoms. The van der Waals surface area contributed by atoms with E-state index in [2.05, 4.69) is 0 Å². The second-order valence-electron chi connectivity index (χ2n) is 4.03. The van der Waals surface area contributed by atoms with Gasteiger partial charge in [-0.05, 0) is 37.6 Å². The van der Waals surface area contributed by atoms with Crippen molar-refractivity contribution >= 4 is 5.78 Å². The molecular formula is C13H17NO3. The van der Waals surface area contributed by atoms with E-state index >= 15 is 0 Å². The number of Topliss-reactive ketones (excluding diaryl/α,β-unsaturated/α-hetero) is 1. The highest BCUT2D eigenvalue weighted by molar-refractivity contribution is 5.96. The number of unbranched alkanes of at least 4 members (excludes halogenated alkanes) is 1.